The minimum Gasteiger partial charge on any atom is -0.497 e. The van der Waals surface area contributed by atoms with Crippen LogP contribution in [-0.2, 0) is 0 Å². The molecule has 7 nitrogen and oxygen atoms in total. The van der Waals surface area contributed by atoms with Gasteiger partial charge in [-0.2, -0.15) is 9.61 Å². The third-order valence-electron chi connectivity index (χ3n) is 6.90. The molecular weight excluding hydrogens is 474 g/mol. The van der Waals surface area contributed by atoms with Crippen LogP contribution in [0.2, 0.25) is 0 Å². The van der Waals surface area contributed by atoms with Gasteiger partial charge in [-0.15, -0.1) is 0 Å². The van der Waals surface area contributed by atoms with E-state index >= 15 is 0 Å². The van der Waals surface area contributed by atoms with Crippen molar-refractivity contribution in [1.29, 1.82) is 0 Å². The Bertz CT molecular complexity index is 1590. The van der Waals surface area contributed by atoms with Gasteiger partial charge < -0.3 is 14.8 Å². The molecule has 0 saturated heterocycles. The summed E-state index contributed by atoms with van der Waals surface area (Å²) in [6.07, 6.45) is 10.3. The summed E-state index contributed by atoms with van der Waals surface area (Å²) in [5.74, 6) is 2.07. The summed E-state index contributed by atoms with van der Waals surface area (Å²) >= 11 is 0. The van der Waals surface area contributed by atoms with E-state index in [9.17, 15) is 0 Å². The number of nitrogens with zero attached hydrogens (tertiary/aromatic N) is 4. The number of ether oxygens (including phenoxy) is 2. The van der Waals surface area contributed by atoms with Crippen molar-refractivity contribution in [2.24, 2.45) is 0 Å². The molecule has 0 spiro atoms. The monoisotopic (exact) mass is 503 g/mol. The zero-order chi connectivity index (χ0) is 25.9. The van der Waals surface area contributed by atoms with E-state index in [-0.39, 0.29) is 0 Å². The molecule has 0 amide bonds. The summed E-state index contributed by atoms with van der Waals surface area (Å²) < 4.78 is 13.3. The number of hydrogen-bond donors (Lipinski definition) is 1. The molecule has 1 aliphatic rings. The first-order valence-corrected chi connectivity index (χ1v) is 12.8. The Hall–Kier alpha value is -4.65. The number of aromatic nitrogens is 4. The van der Waals surface area contributed by atoms with Gasteiger partial charge in [-0.05, 0) is 61.1 Å². The highest BCUT2D eigenvalue weighted by Gasteiger charge is 2.26. The van der Waals surface area contributed by atoms with E-state index in [1.54, 1.807) is 26.6 Å². The van der Waals surface area contributed by atoms with Crippen molar-refractivity contribution in [1.82, 2.24) is 19.6 Å². The number of benzene rings is 2. The Kier molecular flexibility index (Phi) is 6.48. The fourth-order valence-corrected chi connectivity index (χ4v) is 5.05. The fraction of sp³-hybridized carbons (Fsp3) is 0.194. The van der Waals surface area contributed by atoms with E-state index in [4.69, 9.17) is 19.6 Å². The van der Waals surface area contributed by atoms with Gasteiger partial charge in [-0.1, -0.05) is 48.5 Å². The maximum Gasteiger partial charge on any atom is 0.228 e. The van der Waals surface area contributed by atoms with Crippen LogP contribution in [0.3, 0.4) is 0 Å². The Morgan fingerprint density at radius 3 is 2.29 bits per heavy atom. The van der Waals surface area contributed by atoms with Gasteiger partial charge in [-0.3, -0.25) is 4.98 Å². The molecule has 0 bridgehead atoms. The number of methoxy groups -OCH3 is 2. The van der Waals surface area contributed by atoms with Crippen LogP contribution in [0, 0.1) is 0 Å². The van der Waals surface area contributed by atoms with Crippen LogP contribution in [0.15, 0.2) is 85.2 Å². The number of pyridine rings is 1. The Morgan fingerprint density at radius 1 is 0.816 bits per heavy atom. The molecule has 0 atom stereocenters. The maximum atomic E-state index is 6.10. The molecule has 0 aliphatic heterocycles. The molecule has 7 heteroatoms. The van der Waals surface area contributed by atoms with Crippen molar-refractivity contribution < 1.29 is 9.47 Å². The van der Waals surface area contributed by atoms with Gasteiger partial charge in [-0.25, -0.2) is 4.98 Å². The number of hydrogen-bond acceptors (Lipinski definition) is 6. The minimum absolute atomic E-state index is 0.608. The summed E-state index contributed by atoms with van der Waals surface area (Å²) in [4.78, 5) is 9.40. The van der Waals surface area contributed by atoms with E-state index in [0.29, 0.717) is 11.7 Å². The van der Waals surface area contributed by atoms with Gasteiger partial charge in [0.15, 0.2) is 5.65 Å². The van der Waals surface area contributed by atoms with E-state index in [1.807, 2.05) is 59.1 Å². The average Bonchev–Trinajstić information content (AvgIpc) is 3.37. The van der Waals surface area contributed by atoms with Gasteiger partial charge >= 0.3 is 0 Å². The van der Waals surface area contributed by atoms with Gasteiger partial charge in [0.25, 0.3) is 0 Å². The predicted octanol–water partition coefficient (Wildman–Crippen LogP) is 7.18. The molecule has 2 aromatic carbocycles. The number of allylic oxidation sites excluding steroid dienone is 2. The molecule has 0 saturated carbocycles. The second kappa shape index (κ2) is 10.4. The third-order valence-corrected chi connectivity index (χ3v) is 6.90. The summed E-state index contributed by atoms with van der Waals surface area (Å²) in [6, 6.07) is 22.0. The smallest absolute Gasteiger partial charge is 0.228 e. The van der Waals surface area contributed by atoms with Crippen molar-refractivity contribution in [3.63, 3.8) is 0 Å². The molecule has 38 heavy (non-hydrogen) atoms. The van der Waals surface area contributed by atoms with Crippen LogP contribution >= 0.6 is 0 Å². The minimum atomic E-state index is 0.608. The van der Waals surface area contributed by atoms with Gasteiger partial charge in [0.05, 0.1) is 25.3 Å². The Morgan fingerprint density at radius 2 is 1.61 bits per heavy atom. The highest BCUT2D eigenvalue weighted by atomic mass is 16.5. The summed E-state index contributed by atoms with van der Waals surface area (Å²) in [6.45, 7) is 0. The largest absolute Gasteiger partial charge is 0.497 e. The van der Waals surface area contributed by atoms with Gasteiger partial charge in [0.2, 0.25) is 5.88 Å². The first-order valence-electron chi connectivity index (χ1n) is 12.8. The molecule has 0 fully saturated rings. The molecule has 3 aromatic heterocycles. The molecule has 1 N–H and O–H groups in total. The number of nitrogens with one attached hydrogen (secondary N) is 1. The Labute approximate surface area is 221 Å². The van der Waals surface area contributed by atoms with E-state index in [2.05, 4.69) is 28.5 Å². The SMILES string of the molecule is COc1ccc(-c2c(Nc3ccncc3)nc3c(C4=CCCCC4)c(-c4ccccc4)nn3c2OC)cc1. The lowest BCUT2D eigenvalue weighted by Crippen LogP contribution is -2.06. The third kappa shape index (κ3) is 4.36. The van der Waals surface area contributed by atoms with E-state index in [0.717, 1.165) is 64.3 Å². The molecule has 5 aromatic rings. The number of anilines is 2. The second-order valence-electron chi connectivity index (χ2n) is 9.23. The highest BCUT2D eigenvalue weighted by molar-refractivity contribution is 5.91. The summed E-state index contributed by atoms with van der Waals surface area (Å²) in [5.41, 5.74) is 7.70. The lowest BCUT2D eigenvalue weighted by Gasteiger charge is -2.17. The van der Waals surface area contributed by atoms with Gasteiger partial charge in [0, 0.05) is 23.6 Å². The quantitative estimate of drug-likeness (QED) is 0.254. The summed E-state index contributed by atoms with van der Waals surface area (Å²) in [7, 11) is 3.34. The van der Waals surface area contributed by atoms with Crippen molar-refractivity contribution in [3.8, 4) is 34.0 Å². The molecule has 0 unspecified atom stereocenters. The average molecular weight is 504 g/mol. The second-order valence-corrected chi connectivity index (χ2v) is 9.23. The van der Waals surface area contributed by atoms with E-state index < -0.39 is 0 Å². The first kappa shape index (κ1) is 23.7. The van der Waals surface area contributed by atoms with E-state index in [1.165, 1.54) is 12.0 Å². The van der Waals surface area contributed by atoms with Crippen molar-refractivity contribution in [2.45, 2.75) is 25.7 Å². The molecule has 0 radical (unpaired) electrons. The number of fused-ring (bicyclic) bond motifs is 1. The Balaban J connectivity index is 1.66. The molecule has 6 rings (SSSR count). The van der Waals surface area contributed by atoms with Crippen molar-refractivity contribution >= 4 is 22.7 Å². The predicted molar refractivity (Wildman–Crippen MR) is 151 cm³/mol. The maximum absolute atomic E-state index is 6.10. The zero-order valence-corrected chi connectivity index (χ0v) is 21.5. The van der Waals surface area contributed by atoms with Crippen LogP contribution in [-0.4, -0.2) is 33.8 Å². The molecular formula is C31H29N5O2. The molecule has 3 heterocycles. The van der Waals surface area contributed by atoms with Crippen LogP contribution in [0.4, 0.5) is 11.5 Å². The zero-order valence-electron chi connectivity index (χ0n) is 21.5. The van der Waals surface area contributed by atoms with Crippen molar-refractivity contribution in [2.75, 3.05) is 19.5 Å². The summed E-state index contributed by atoms with van der Waals surface area (Å²) in [5, 5.41) is 8.65. The van der Waals surface area contributed by atoms with Crippen LogP contribution in [0.1, 0.15) is 31.2 Å². The molecule has 1 aliphatic carbocycles. The standard InChI is InChI=1S/C31H29N5O2/c1-37-25-15-13-22(14-16-25)27-29(33-24-17-19-32-20-18-24)34-30-26(21-9-5-3-6-10-21)28(23-11-7-4-8-12-23)35-36(30)31(27)38-2/h4,7-9,11-20H,3,5-6,10H2,1-2H3,(H,32,33,34). The normalized spacial score (nSPS) is 13.3. The highest BCUT2D eigenvalue weighted by Crippen LogP contribution is 2.43. The van der Waals surface area contributed by atoms with Crippen molar-refractivity contribution in [3.05, 3.63) is 90.8 Å². The first-order chi connectivity index (χ1) is 18.8. The molecule has 190 valence electrons. The van der Waals surface area contributed by atoms with Crippen LogP contribution < -0.4 is 14.8 Å². The van der Waals surface area contributed by atoms with Crippen LogP contribution in [0.25, 0.3) is 33.6 Å². The lowest BCUT2D eigenvalue weighted by atomic mass is 9.92. The topological polar surface area (TPSA) is 73.6 Å². The van der Waals surface area contributed by atoms with Crippen LogP contribution in [0.5, 0.6) is 11.6 Å². The number of rotatable bonds is 7. The fourth-order valence-electron chi connectivity index (χ4n) is 5.05. The lowest BCUT2D eigenvalue weighted by molar-refractivity contribution is 0.387. The van der Waals surface area contributed by atoms with Gasteiger partial charge in [0.1, 0.15) is 17.3 Å².